The molecule has 0 amide bonds. The summed E-state index contributed by atoms with van der Waals surface area (Å²) in [4.78, 5) is 10.3. The standard InChI is InChI=1S/C34H21N3O/c1-2-11-22(12-3-1)27-21-28(25-16-10-20-32-33(25)26-15-6-9-19-31(26)38-32)36-34(35-27)37-29-17-7-4-13-23(29)24-14-5-8-18-30(24)37/h1-21H. The van der Waals surface area contributed by atoms with Gasteiger partial charge in [0.25, 0.3) is 0 Å². The van der Waals surface area contributed by atoms with Gasteiger partial charge < -0.3 is 4.42 Å². The number of hydrogen-bond donors (Lipinski definition) is 0. The van der Waals surface area contributed by atoms with Gasteiger partial charge in [-0.05, 0) is 30.3 Å². The lowest BCUT2D eigenvalue weighted by atomic mass is 10.0. The normalized spacial score (nSPS) is 11.7. The van der Waals surface area contributed by atoms with Gasteiger partial charge in [-0.25, -0.2) is 9.97 Å². The molecule has 0 bridgehead atoms. The summed E-state index contributed by atoms with van der Waals surface area (Å²) >= 11 is 0. The summed E-state index contributed by atoms with van der Waals surface area (Å²) in [6, 6.07) is 43.6. The highest BCUT2D eigenvalue weighted by Gasteiger charge is 2.18. The van der Waals surface area contributed by atoms with E-state index in [0.29, 0.717) is 5.95 Å². The first-order valence-corrected chi connectivity index (χ1v) is 12.7. The molecule has 0 fully saturated rings. The van der Waals surface area contributed by atoms with Gasteiger partial charge in [-0.3, -0.25) is 4.57 Å². The number of benzene rings is 5. The molecule has 8 rings (SSSR count). The van der Waals surface area contributed by atoms with Crippen molar-refractivity contribution in [3.05, 3.63) is 127 Å². The molecule has 38 heavy (non-hydrogen) atoms. The molecule has 0 aliphatic heterocycles. The van der Waals surface area contributed by atoms with Crippen LogP contribution in [0.4, 0.5) is 0 Å². The fourth-order valence-corrected chi connectivity index (χ4v) is 5.56. The Balaban J connectivity index is 1.48. The zero-order valence-corrected chi connectivity index (χ0v) is 20.4. The number of nitrogens with zero attached hydrogens (tertiary/aromatic N) is 3. The summed E-state index contributed by atoms with van der Waals surface area (Å²) in [5.74, 6) is 0.642. The van der Waals surface area contributed by atoms with Crippen LogP contribution in [0, 0.1) is 0 Å². The molecule has 5 aromatic carbocycles. The van der Waals surface area contributed by atoms with Gasteiger partial charge in [0.05, 0.1) is 22.4 Å². The molecule has 4 heteroatoms. The van der Waals surface area contributed by atoms with Crippen molar-refractivity contribution < 1.29 is 4.42 Å². The van der Waals surface area contributed by atoms with Crippen LogP contribution in [-0.2, 0) is 0 Å². The fraction of sp³-hybridized carbons (Fsp3) is 0. The number of hydrogen-bond acceptors (Lipinski definition) is 3. The molecule has 0 saturated heterocycles. The lowest BCUT2D eigenvalue weighted by Gasteiger charge is -2.12. The Hall–Kier alpha value is -5.22. The number of fused-ring (bicyclic) bond motifs is 6. The quantitative estimate of drug-likeness (QED) is 0.250. The molecular formula is C34H21N3O. The minimum Gasteiger partial charge on any atom is -0.456 e. The molecule has 178 valence electrons. The highest BCUT2D eigenvalue weighted by Crippen LogP contribution is 2.38. The maximum absolute atomic E-state index is 6.20. The minimum atomic E-state index is 0.642. The SMILES string of the molecule is c1ccc(-c2cc(-c3cccc4oc5ccccc5c34)nc(-n3c4ccccc4c4ccccc43)n2)cc1. The molecule has 0 saturated carbocycles. The Morgan fingerprint density at radius 3 is 1.87 bits per heavy atom. The predicted octanol–water partition coefficient (Wildman–Crippen LogP) is 8.81. The zero-order valence-electron chi connectivity index (χ0n) is 20.4. The van der Waals surface area contributed by atoms with Crippen molar-refractivity contribution in [3.8, 4) is 28.5 Å². The van der Waals surface area contributed by atoms with Crippen molar-refractivity contribution in [2.24, 2.45) is 0 Å². The molecule has 3 heterocycles. The molecule has 3 aromatic heterocycles. The monoisotopic (exact) mass is 487 g/mol. The Kier molecular flexibility index (Phi) is 4.49. The van der Waals surface area contributed by atoms with Gasteiger partial charge in [-0.15, -0.1) is 0 Å². The van der Waals surface area contributed by atoms with E-state index in [2.05, 4.69) is 83.4 Å². The first-order chi connectivity index (χ1) is 18.8. The third-order valence-corrected chi connectivity index (χ3v) is 7.24. The molecule has 0 N–H and O–H groups in total. The largest absolute Gasteiger partial charge is 0.456 e. The molecule has 4 nitrogen and oxygen atoms in total. The Bertz CT molecular complexity index is 2080. The third kappa shape index (κ3) is 3.10. The third-order valence-electron chi connectivity index (χ3n) is 7.24. The van der Waals surface area contributed by atoms with Crippen LogP contribution in [0.3, 0.4) is 0 Å². The molecule has 8 aromatic rings. The molecule has 0 aliphatic rings. The van der Waals surface area contributed by atoms with Crippen LogP contribution < -0.4 is 0 Å². The van der Waals surface area contributed by atoms with Crippen LogP contribution in [0.25, 0.3) is 72.2 Å². The average molecular weight is 488 g/mol. The van der Waals surface area contributed by atoms with E-state index in [9.17, 15) is 0 Å². The van der Waals surface area contributed by atoms with Crippen molar-refractivity contribution in [2.75, 3.05) is 0 Å². The zero-order chi connectivity index (χ0) is 25.1. The van der Waals surface area contributed by atoms with Crippen molar-refractivity contribution in [1.82, 2.24) is 14.5 Å². The van der Waals surface area contributed by atoms with Crippen LogP contribution >= 0.6 is 0 Å². The van der Waals surface area contributed by atoms with Crippen LogP contribution in [0.5, 0.6) is 0 Å². The summed E-state index contributed by atoms with van der Waals surface area (Å²) in [7, 11) is 0. The predicted molar refractivity (Wildman–Crippen MR) is 155 cm³/mol. The van der Waals surface area contributed by atoms with Gasteiger partial charge in [-0.2, -0.15) is 0 Å². The summed E-state index contributed by atoms with van der Waals surface area (Å²) < 4.78 is 8.37. The van der Waals surface area contributed by atoms with Gasteiger partial charge in [0, 0.05) is 32.7 Å². The van der Waals surface area contributed by atoms with Crippen molar-refractivity contribution in [3.63, 3.8) is 0 Å². The average Bonchev–Trinajstić information content (AvgIpc) is 3.53. The van der Waals surface area contributed by atoms with Gasteiger partial charge in [0.15, 0.2) is 0 Å². The first kappa shape index (κ1) is 20.9. The van der Waals surface area contributed by atoms with Gasteiger partial charge >= 0.3 is 0 Å². The maximum Gasteiger partial charge on any atom is 0.235 e. The fourth-order valence-electron chi connectivity index (χ4n) is 5.56. The van der Waals surface area contributed by atoms with Crippen LogP contribution in [0.1, 0.15) is 0 Å². The summed E-state index contributed by atoms with van der Waals surface area (Å²) in [5.41, 5.74) is 7.67. The van der Waals surface area contributed by atoms with Gasteiger partial charge in [-0.1, -0.05) is 97.1 Å². The minimum absolute atomic E-state index is 0.642. The Morgan fingerprint density at radius 1 is 0.500 bits per heavy atom. The van der Waals surface area contributed by atoms with E-state index >= 15 is 0 Å². The second-order valence-electron chi connectivity index (χ2n) is 9.45. The van der Waals surface area contributed by atoms with E-state index < -0.39 is 0 Å². The molecular weight excluding hydrogens is 466 g/mol. The summed E-state index contributed by atoms with van der Waals surface area (Å²) in [6.45, 7) is 0. The van der Waals surface area contributed by atoms with Crippen LogP contribution in [-0.4, -0.2) is 14.5 Å². The highest BCUT2D eigenvalue weighted by molar-refractivity contribution is 6.12. The van der Waals surface area contributed by atoms with E-state index in [1.807, 2.05) is 48.5 Å². The summed E-state index contributed by atoms with van der Waals surface area (Å²) in [6.07, 6.45) is 0. The molecule has 0 spiro atoms. The summed E-state index contributed by atoms with van der Waals surface area (Å²) in [5, 5.41) is 4.51. The number of furan rings is 1. The first-order valence-electron chi connectivity index (χ1n) is 12.7. The number of para-hydroxylation sites is 3. The van der Waals surface area contributed by atoms with E-state index in [-0.39, 0.29) is 0 Å². The van der Waals surface area contributed by atoms with E-state index in [1.54, 1.807) is 0 Å². The number of rotatable bonds is 3. The van der Waals surface area contributed by atoms with E-state index in [4.69, 9.17) is 14.4 Å². The van der Waals surface area contributed by atoms with Crippen molar-refractivity contribution >= 4 is 43.7 Å². The number of aromatic nitrogens is 3. The maximum atomic E-state index is 6.20. The van der Waals surface area contributed by atoms with Gasteiger partial charge in [0.1, 0.15) is 11.2 Å². The topological polar surface area (TPSA) is 43.9 Å². The lowest BCUT2D eigenvalue weighted by Crippen LogP contribution is -2.04. The Labute approximate surface area is 218 Å². The van der Waals surface area contributed by atoms with Crippen molar-refractivity contribution in [1.29, 1.82) is 0 Å². The molecule has 0 atom stereocenters. The second kappa shape index (κ2) is 8.15. The highest BCUT2D eigenvalue weighted by atomic mass is 16.3. The van der Waals surface area contributed by atoms with E-state index in [1.165, 1.54) is 10.8 Å². The lowest BCUT2D eigenvalue weighted by molar-refractivity contribution is 0.669. The van der Waals surface area contributed by atoms with Crippen LogP contribution in [0.2, 0.25) is 0 Å². The molecule has 0 radical (unpaired) electrons. The Morgan fingerprint density at radius 2 is 1.11 bits per heavy atom. The second-order valence-corrected chi connectivity index (χ2v) is 9.45. The van der Waals surface area contributed by atoms with Crippen LogP contribution in [0.15, 0.2) is 132 Å². The van der Waals surface area contributed by atoms with E-state index in [0.717, 1.165) is 55.5 Å². The molecule has 0 unspecified atom stereocenters. The smallest absolute Gasteiger partial charge is 0.235 e. The molecule has 0 aliphatic carbocycles. The van der Waals surface area contributed by atoms with Gasteiger partial charge in [0.2, 0.25) is 5.95 Å². The van der Waals surface area contributed by atoms with Crippen molar-refractivity contribution in [2.45, 2.75) is 0 Å².